The molecule has 0 aromatic heterocycles. The number of hydrogen-bond acceptors (Lipinski definition) is 3. The van der Waals surface area contributed by atoms with Crippen molar-refractivity contribution in [1.29, 1.82) is 0 Å². The summed E-state index contributed by atoms with van der Waals surface area (Å²) < 4.78 is 5.31. The molecule has 15 heavy (non-hydrogen) atoms. The average Bonchev–Trinajstić information content (AvgIpc) is 2.81. The van der Waals surface area contributed by atoms with Gasteiger partial charge in [0.2, 0.25) is 0 Å². The lowest BCUT2D eigenvalue weighted by molar-refractivity contribution is -0.0628. The summed E-state index contributed by atoms with van der Waals surface area (Å²) in [5.74, 6) is 2.24. The van der Waals surface area contributed by atoms with Gasteiger partial charge in [-0.1, -0.05) is 6.92 Å². The van der Waals surface area contributed by atoms with Gasteiger partial charge in [0.25, 0.3) is 0 Å². The third-order valence-electron chi connectivity index (χ3n) is 4.46. The number of aliphatic hydroxyl groups is 1. The van der Waals surface area contributed by atoms with Gasteiger partial charge in [-0.25, -0.2) is 0 Å². The van der Waals surface area contributed by atoms with Crippen LogP contribution in [0.4, 0.5) is 0 Å². The van der Waals surface area contributed by atoms with E-state index >= 15 is 0 Å². The smallest absolute Gasteiger partial charge is 0.143 e. The van der Waals surface area contributed by atoms with E-state index in [1.54, 1.807) is 0 Å². The number of nitrogens with two attached hydrogens (primary N) is 1. The molecular weight excluding hydrogens is 190 g/mol. The van der Waals surface area contributed by atoms with Gasteiger partial charge in [0.15, 0.2) is 0 Å². The quantitative estimate of drug-likeness (QED) is 0.680. The molecule has 0 radical (unpaired) electrons. The fraction of sp³-hybridized carbons (Fsp3) is 1.00. The van der Waals surface area contributed by atoms with Crippen molar-refractivity contribution in [2.45, 2.75) is 51.2 Å². The Kier molecular flexibility index (Phi) is 3.65. The molecule has 0 saturated heterocycles. The molecular formula is C12H23NO2. The van der Waals surface area contributed by atoms with Gasteiger partial charge in [-0.05, 0) is 49.9 Å². The van der Waals surface area contributed by atoms with Crippen LogP contribution >= 0.6 is 0 Å². The number of ether oxygens (including phenoxy) is 1. The van der Waals surface area contributed by atoms with Crippen molar-refractivity contribution in [1.82, 2.24) is 0 Å². The van der Waals surface area contributed by atoms with E-state index in [9.17, 15) is 0 Å². The second-order valence-electron chi connectivity index (χ2n) is 5.14. The normalized spacial score (nSPS) is 41.0. The summed E-state index contributed by atoms with van der Waals surface area (Å²) in [4.78, 5) is 0. The lowest BCUT2D eigenvalue weighted by Gasteiger charge is -2.30. The molecule has 3 heteroatoms. The van der Waals surface area contributed by atoms with Crippen molar-refractivity contribution in [3.63, 3.8) is 0 Å². The van der Waals surface area contributed by atoms with Crippen molar-refractivity contribution in [2.24, 2.45) is 23.5 Å². The Hall–Kier alpha value is -0.120. The summed E-state index contributed by atoms with van der Waals surface area (Å²) in [7, 11) is 0. The second-order valence-corrected chi connectivity index (χ2v) is 5.14. The zero-order valence-electron chi connectivity index (χ0n) is 9.56. The van der Waals surface area contributed by atoms with Gasteiger partial charge >= 0.3 is 0 Å². The first kappa shape index (κ1) is 11.4. The van der Waals surface area contributed by atoms with Gasteiger partial charge in [0.05, 0.1) is 6.10 Å². The maximum Gasteiger partial charge on any atom is 0.143 e. The largest absolute Gasteiger partial charge is 0.371 e. The van der Waals surface area contributed by atoms with Crippen LogP contribution in [0.5, 0.6) is 0 Å². The molecule has 0 amide bonds. The third kappa shape index (κ3) is 2.19. The molecule has 88 valence electrons. The minimum Gasteiger partial charge on any atom is -0.371 e. The highest BCUT2D eigenvalue weighted by molar-refractivity contribution is 4.99. The van der Waals surface area contributed by atoms with E-state index in [-0.39, 0.29) is 12.9 Å². The molecule has 2 aliphatic rings. The SMILES string of the molecule is CCC(CC1C2CCC(C2)C1N)OCO. The lowest BCUT2D eigenvalue weighted by atomic mass is 9.81. The zero-order valence-corrected chi connectivity index (χ0v) is 9.56. The Morgan fingerprint density at radius 2 is 2.13 bits per heavy atom. The third-order valence-corrected chi connectivity index (χ3v) is 4.46. The molecule has 0 aromatic rings. The second kappa shape index (κ2) is 4.81. The van der Waals surface area contributed by atoms with Gasteiger partial charge in [-0.2, -0.15) is 0 Å². The van der Waals surface area contributed by atoms with Crippen LogP contribution in [0.25, 0.3) is 0 Å². The van der Waals surface area contributed by atoms with E-state index in [1.165, 1.54) is 19.3 Å². The van der Waals surface area contributed by atoms with Crippen molar-refractivity contribution in [2.75, 3.05) is 6.79 Å². The summed E-state index contributed by atoms with van der Waals surface area (Å²) in [6, 6.07) is 0.389. The predicted molar refractivity (Wildman–Crippen MR) is 59.2 cm³/mol. The summed E-state index contributed by atoms with van der Waals surface area (Å²) in [6.07, 6.45) is 6.24. The number of rotatable bonds is 5. The Labute approximate surface area is 92.0 Å². The van der Waals surface area contributed by atoms with E-state index in [4.69, 9.17) is 15.6 Å². The van der Waals surface area contributed by atoms with E-state index < -0.39 is 0 Å². The number of hydrogen-bond donors (Lipinski definition) is 2. The van der Waals surface area contributed by atoms with Crippen LogP contribution in [-0.2, 0) is 4.74 Å². The first-order chi connectivity index (χ1) is 7.26. The van der Waals surface area contributed by atoms with Crippen LogP contribution < -0.4 is 5.73 Å². The first-order valence-electron chi connectivity index (χ1n) is 6.24. The number of aliphatic hydroxyl groups excluding tert-OH is 1. The molecule has 5 unspecified atom stereocenters. The maximum absolute atomic E-state index is 8.79. The maximum atomic E-state index is 8.79. The topological polar surface area (TPSA) is 55.5 Å². The summed E-state index contributed by atoms with van der Waals surface area (Å²) in [5.41, 5.74) is 6.25. The van der Waals surface area contributed by atoms with Crippen molar-refractivity contribution in [3.8, 4) is 0 Å². The monoisotopic (exact) mass is 213 g/mol. The Bertz CT molecular complexity index is 208. The molecule has 0 aromatic carbocycles. The van der Waals surface area contributed by atoms with Crippen LogP contribution in [-0.4, -0.2) is 24.0 Å². The summed E-state index contributed by atoms with van der Waals surface area (Å²) in [5, 5.41) is 8.79. The molecule has 3 N–H and O–H groups in total. The predicted octanol–water partition coefficient (Wildman–Crippen LogP) is 1.49. The van der Waals surface area contributed by atoms with Crippen LogP contribution in [0.3, 0.4) is 0 Å². The Morgan fingerprint density at radius 3 is 2.67 bits per heavy atom. The van der Waals surface area contributed by atoms with Crippen LogP contribution in [0, 0.1) is 17.8 Å². The molecule has 2 saturated carbocycles. The summed E-state index contributed by atoms with van der Waals surface area (Å²) >= 11 is 0. The van der Waals surface area contributed by atoms with Crippen LogP contribution in [0.2, 0.25) is 0 Å². The van der Waals surface area contributed by atoms with E-state index in [0.717, 1.165) is 24.7 Å². The average molecular weight is 213 g/mol. The molecule has 2 rings (SSSR count). The van der Waals surface area contributed by atoms with E-state index in [2.05, 4.69) is 6.92 Å². The minimum atomic E-state index is -0.158. The van der Waals surface area contributed by atoms with Gasteiger partial charge in [0.1, 0.15) is 6.79 Å². The van der Waals surface area contributed by atoms with E-state index in [0.29, 0.717) is 12.0 Å². The fourth-order valence-corrected chi connectivity index (χ4v) is 3.57. The molecule has 2 fully saturated rings. The molecule has 2 aliphatic carbocycles. The highest BCUT2D eigenvalue weighted by Gasteiger charge is 2.45. The minimum absolute atomic E-state index is 0.158. The van der Waals surface area contributed by atoms with Gasteiger partial charge in [-0.3, -0.25) is 0 Å². The highest BCUT2D eigenvalue weighted by atomic mass is 16.6. The van der Waals surface area contributed by atoms with Crippen molar-refractivity contribution >= 4 is 0 Å². The standard InChI is InChI=1S/C12H23NO2/c1-2-10(15-7-14)6-11-8-3-4-9(5-8)12(11)13/h8-12,14H,2-7,13H2,1H3. The first-order valence-corrected chi connectivity index (χ1v) is 6.24. The van der Waals surface area contributed by atoms with E-state index in [1.807, 2.05) is 0 Å². The summed E-state index contributed by atoms with van der Waals surface area (Å²) in [6.45, 7) is 1.95. The van der Waals surface area contributed by atoms with Crippen LogP contribution in [0.1, 0.15) is 39.0 Å². The molecule has 5 atom stereocenters. The number of fused-ring (bicyclic) bond motifs is 2. The molecule has 2 bridgehead atoms. The van der Waals surface area contributed by atoms with Crippen molar-refractivity contribution < 1.29 is 9.84 Å². The van der Waals surface area contributed by atoms with Crippen molar-refractivity contribution in [3.05, 3.63) is 0 Å². The van der Waals surface area contributed by atoms with Gasteiger partial charge in [0, 0.05) is 6.04 Å². The highest BCUT2D eigenvalue weighted by Crippen LogP contribution is 2.49. The van der Waals surface area contributed by atoms with Crippen LogP contribution in [0.15, 0.2) is 0 Å². The molecule has 0 aliphatic heterocycles. The Balaban J connectivity index is 1.88. The van der Waals surface area contributed by atoms with Gasteiger partial charge in [-0.15, -0.1) is 0 Å². The Morgan fingerprint density at radius 1 is 1.40 bits per heavy atom. The lowest BCUT2D eigenvalue weighted by Crippen LogP contribution is -2.37. The zero-order chi connectivity index (χ0) is 10.8. The fourth-order valence-electron chi connectivity index (χ4n) is 3.57. The van der Waals surface area contributed by atoms with Gasteiger partial charge < -0.3 is 15.6 Å². The molecule has 0 spiro atoms. The molecule has 3 nitrogen and oxygen atoms in total. The molecule has 0 heterocycles.